The van der Waals surface area contributed by atoms with E-state index in [0.29, 0.717) is 6.04 Å². The van der Waals surface area contributed by atoms with E-state index >= 15 is 0 Å². The summed E-state index contributed by atoms with van der Waals surface area (Å²) in [6.45, 7) is 7.78. The van der Waals surface area contributed by atoms with E-state index in [1.165, 1.54) is 38.9 Å². The van der Waals surface area contributed by atoms with Gasteiger partial charge in [-0.1, -0.05) is 12.5 Å². The van der Waals surface area contributed by atoms with Crippen LogP contribution < -0.4 is 10.5 Å². The number of piperazine rings is 1. The first-order valence-corrected chi connectivity index (χ1v) is 8.19. The van der Waals surface area contributed by atoms with Gasteiger partial charge in [0.25, 0.3) is 0 Å². The number of fused-ring (bicyclic) bond motifs is 1. The maximum Gasteiger partial charge on any atom is 0.121 e. The Kier molecular flexibility index (Phi) is 4.66. The van der Waals surface area contributed by atoms with Gasteiger partial charge in [-0.3, -0.25) is 9.80 Å². The van der Waals surface area contributed by atoms with Crippen LogP contribution in [0.5, 0.6) is 5.75 Å². The molecule has 0 amide bonds. The maximum absolute atomic E-state index is 5.84. The van der Waals surface area contributed by atoms with E-state index in [1.54, 1.807) is 0 Å². The molecular formula is C17H27N3O. The number of benzene rings is 1. The van der Waals surface area contributed by atoms with Crippen molar-refractivity contribution in [3.05, 3.63) is 24.3 Å². The zero-order valence-corrected chi connectivity index (χ0v) is 13.0. The van der Waals surface area contributed by atoms with Gasteiger partial charge in [-0.05, 0) is 38.4 Å². The monoisotopic (exact) mass is 289 g/mol. The van der Waals surface area contributed by atoms with Gasteiger partial charge in [-0.25, -0.2) is 0 Å². The molecule has 2 aliphatic heterocycles. The molecule has 0 aromatic heterocycles. The quantitative estimate of drug-likeness (QED) is 0.863. The van der Waals surface area contributed by atoms with E-state index < -0.39 is 0 Å². The molecule has 1 aromatic carbocycles. The van der Waals surface area contributed by atoms with Gasteiger partial charge in [0, 0.05) is 43.5 Å². The summed E-state index contributed by atoms with van der Waals surface area (Å²) >= 11 is 0. The number of rotatable bonds is 4. The second-order valence-electron chi connectivity index (χ2n) is 6.41. The molecule has 0 aliphatic carbocycles. The molecule has 2 unspecified atom stereocenters. The van der Waals surface area contributed by atoms with Gasteiger partial charge in [0.2, 0.25) is 0 Å². The minimum Gasteiger partial charge on any atom is -0.492 e. The van der Waals surface area contributed by atoms with Crippen LogP contribution in [0, 0.1) is 0 Å². The van der Waals surface area contributed by atoms with Crippen LogP contribution in [0.4, 0.5) is 5.69 Å². The van der Waals surface area contributed by atoms with E-state index in [4.69, 9.17) is 10.5 Å². The third-order valence-electron chi connectivity index (χ3n) is 4.82. The molecule has 1 aromatic rings. The van der Waals surface area contributed by atoms with E-state index in [9.17, 15) is 0 Å². The largest absolute Gasteiger partial charge is 0.492 e. The van der Waals surface area contributed by atoms with Gasteiger partial charge in [0.05, 0.1) is 0 Å². The second kappa shape index (κ2) is 6.67. The highest BCUT2D eigenvalue weighted by molar-refractivity contribution is 5.43. The fourth-order valence-electron chi connectivity index (χ4n) is 3.61. The Bertz CT molecular complexity index is 465. The van der Waals surface area contributed by atoms with Gasteiger partial charge >= 0.3 is 0 Å². The van der Waals surface area contributed by atoms with Crippen molar-refractivity contribution in [1.82, 2.24) is 9.80 Å². The summed E-state index contributed by atoms with van der Waals surface area (Å²) in [6.07, 6.45) is 4.13. The Balaban J connectivity index is 1.48. The zero-order valence-electron chi connectivity index (χ0n) is 13.0. The lowest BCUT2D eigenvalue weighted by molar-refractivity contribution is 0.00974. The molecule has 2 heterocycles. The summed E-state index contributed by atoms with van der Waals surface area (Å²) in [5, 5.41) is 0. The van der Waals surface area contributed by atoms with Crippen molar-refractivity contribution in [1.29, 1.82) is 0 Å². The predicted molar refractivity (Wildman–Crippen MR) is 86.6 cm³/mol. The minimum absolute atomic E-state index is 0.629. The second-order valence-corrected chi connectivity index (χ2v) is 6.41. The average molecular weight is 289 g/mol. The predicted octanol–water partition coefficient (Wildman–Crippen LogP) is 2.21. The standard InChI is InChI=1S/C17H27N3O/c1-14-12-20-8-3-2-6-16(20)13-19(14)9-10-21-17-7-4-5-15(18)11-17/h4-5,7,11,14,16H,2-3,6,8-10,12-13,18H2,1H3. The molecule has 2 fully saturated rings. The summed E-state index contributed by atoms with van der Waals surface area (Å²) in [6, 6.07) is 9.08. The SMILES string of the molecule is CC1CN2CCCCC2CN1CCOc1cccc(N)c1. The van der Waals surface area contributed by atoms with Crippen LogP contribution in [-0.2, 0) is 0 Å². The van der Waals surface area contributed by atoms with Crippen LogP contribution in [0.2, 0.25) is 0 Å². The first-order valence-electron chi connectivity index (χ1n) is 8.19. The molecule has 0 radical (unpaired) electrons. The third-order valence-corrected chi connectivity index (χ3v) is 4.82. The fraction of sp³-hybridized carbons (Fsp3) is 0.647. The van der Waals surface area contributed by atoms with Gasteiger partial charge < -0.3 is 10.5 Å². The molecule has 4 heteroatoms. The van der Waals surface area contributed by atoms with Crippen molar-refractivity contribution < 1.29 is 4.74 Å². The zero-order chi connectivity index (χ0) is 14.7. The van der Waals surface area contributed by atoms with E-state index in [0.717, 1.165) is 30.6 Å². The summed E-state index contributed by atoms with van der Waals surface area (Å²) in [5.74, 6) is 0.874. The van der Waals surface area contributed by atoms with E-state index in [-0.39, 0.29) is 0 Å². The highest BCUT2D eigenvalue weighted by Crippen LogP contribution is 2.24. The van der Waals surface area contributed by atoms with E-state index in [2.05, 4.69) is 16.7 Å². The fourth-order valence-corrected chi connectivity index (χ4v) is 3.61. The van der Waals surface area contributed by atoms with Crippen molar-refractivity contribution in [2.24, 2.45) is 0 Å². The van der Waals surface area contributed by atoms with Crippen LogP contribution in [0.1, 0.15) is 26.2 Å². The Morgan fingerprint density at radius 2 is 2.19 bits per heavy atom. The van der Waals surface area contributed by atoms with Crippen molar-refractivity contribution >= 4 is 5.69 Å². The highest BCUT2D eigenvalue weighted by Gasteiger charge is 2.32. The van der Waals surface area contributed by atoms with Crippen molar-refractivity contribution in [2.45, 2.75) is 38.3 Å². The molecule has 2 aliphatic rings. The molecule has 4 nitrogen and oxygen atoms in total. The molecular weight excluding hydrogens is 262 g/mol. The topological polar surface area (TPSA) is 41.7 Å². The summed E-state index contributed by atoms with van der Waals surface area (Å²) in [5.41, 5.74) is 6.53. The number of hydrogen-bond acceptors (Lipinski definition) is 4. The van der Waals surface area contributed by atoms with Crippen LogP contribution >= 0.6 is 0 Å². The highest BCUT2D eigenvalue weighted by atomic mass is 16.5. The normalized spacial score (nSPS) is 27.3. The number of hydrogen-bond donors (Lipinski definition) is 1. The maximum atomic E-state index is 5.84. The molecule has 21 heavy (non-hydrogen) atoms. The van der Waals surface area contributed by atoms with Crippen molar-refractivity contribution in [3.8, 4) is 5.75 Å². The first kappa shape index (κ1) is 14.7. The van der Waals surface area contributed by atoms with Gasteiger partial charge in [-0.15, -0.1) is 0 Å². The van der Waals surface area contributed by atoms with E-state index in [1.807, 2.05) is 24.3 Å². The lowest BCUT2D eigenvalue weighted by Crippen LogP contribution is -2.59. The molecule has 0 saturated carbocycles. The minimum atomic E-state index is 0.629. The smallest absolute Gasteiger partial charge is 0.121 e. The van der Waals surface area contributed by atoms with Gasteiger partial charge in [-0.2, -0.15) is 0 Å². The molecule has 0 spiro atoms. The Morgan fingerprint density at radius 3 is 3.05 bits per heavy atom. The lowest BCUT2D eigenvalue weighted by Gasteiger charge is -2.47. The molecule has 3 rings (SSSR count). The van der Waals surface area contributed by atoms with Crippen LogP contribution in [0.3, 0.4) is 0 Å². The van der Waals surface area contributed by atoms with Crippen LogP contribution in [0.15, 0.2) is 24.3 Å². The van der Waals surface area contributed by atoms with Crippen molar-refractivity contribution in [2.75, 3.05) is 38.5 Å². The first-order chi connectivity index (χ1) is 10.2. The van der Waals surface area contributed by atoms with Gasteiger partial charge in [0.15, 0.2) is 0 Å². The molecule has 0 bridgehead atoms. The van der Waals surface area contributed by atoms with Crippen LogP contribution in [-0.4, -0.2) is 54.7 Å². The molecule has 116 valence electrons. The molecule has 2 atom stereocenters. The number of nitrogen functional groups attached to an aromatic ring is 1. The van der Waals surface area contributed by atoms with Gasteiger partial charge in [0.1, 0.15) is 12.4 Å². The third kappa shape index (κ3) is 3.69. The molecule has 2 N–H and O–H groups in total. The Morgan fingerprint density at radius 1 is 1.29 bits per heavy atom. The number of nitrogens with two attached hydrogens (primary N) is 1. The lowest BCUT2D eigenvalue weighted by atomic mass is 9.97. The average Bonchev–Trinajstić information content (AvgIpc) is 2.48. The Hall–Kier alpha value is -1.26. The number of anilines is 1. The van der Waals surface area contributed by atoms with Crippen LogP contribution in [0.25, 0.3) is 0 Å². The summed E-state index contributed by atoms with van der Waals surface area (Å²) in [4.78, 5) is 5.27. The molecule has 2 saturated heterocycles. The Labute approximate surface area is 127 Å². The number of piperidine rings is 1. The number of nitrogens with zero attached hydrogens (tertiary/aromatic N) is 2. The summed E-state index contributed by atoms with van der Waals surface area (Å²) in [7, 11) is 0. The van der Waals surface area contributed by atoms with Crippen molar-refractivity contribution in [3.63, 3.8) is 0 Å². The summed E-state index contributed by atoms with van der Waals surface area (Å²) < 4.78 is 5.84. The number of ether oxygens (including phenoxy) is 1.